The van der Waals surface area contributed by atoms with Crippen molar-refractivity contribution in [3.8, 4) is 5.75 Å². The van der Waals surface area contributed by atoms with E-state index in [1.54, 1.807) is 30.4 Å². The van der Waals surface area contributed by atoms with Gasteiger partial charge in [-0.25, -0.2) is 4.98 Å². The zero-order chi connectivity index (χ0) is 25.2. The Morgan fingerprint density at radius 3 is 2.39 bits per heavy atom. The standard InChI is InChI=1S/C18H19N3OS2.C11H15N/c1-13-9-16(7-8-17(13)19)24-21(18-11-23-12-20-18)10-14-3-5-15(22-2)6-4-14;1-2-6-11(7-3-1)10-12-8-4-5-9-12/h3-9,11-12H,10,19H2,1-2H3;1-3,6-7H,4-5,8-10H2. The zero-order valence-corrected chi connectivity index (χ0v) is 22.6. The molecule has 0 atom stereocenters. The van der Waals surface area contributed by atoms with Gasteiger partial charge in [-0.1, -0.05) is 42.5 Å². The summed E-state index contributed by atoms with van der Waals surface area (Å²) in [5.74, 6) is 1.82. The SMILES string of the molecule is COc1ccc(CN(Sc2ccc(N)c(C)c2)c2cscn2)cc1.c1ccc(CN2CCCC2)cc1. The molecule has 0 aliphatic carbocycles. The molecule has 0 radical (unpaired) electrons. The molecule has 7 heteroatoms. The second-order valence-electron chi connectivity index (χ2n) is 8.81. The number of aromatic nitrogens is 1. The highest BCUT2D eigenvalue weighted by molar-refractivity contribution is 8.00. The average molecular weight is 519 g/mol. The van der Waals surface area contributed by atoms with Crippen LogP contribution in [0, 0.1) is 6.92 Å². The molecule has 0 bridgehead atoms. The number of hydrogen-bond donors (Lipinski definition) is 1. The van der Waals surface area contributed by atoms with Crippen molar-refractivity contribution in [2.45, 2.75) is 37.8 Å². The lowest BCUT2D eigenvalue weighted by molar-refractivity contribution is 0.331. The van der Waals surface area contributed by atoms with Crippen molar-refractivity contribution in [3.05, 3.63) is 100 Å². The molecule has 0 spiro atoms. The normalized spacial score (nSPS) is 13.2. The monoisotopic (exact) mass is 518 g/mol. The van der Waals surface area contributed by atoms with Crippen LogP contribution >= 0.6 is 23.3 Å². The number of aryl methyl sites for hydroxylation is 1. The Kier molecular flexibility index (Phi) is 9.67. The Morgan fingerprint density at radius 2 is 1.75 bits per heavy atom. The smallest absolute Gasteiger partial charge is 0.150 e. The van der Waals surface area contributed by atoms with Gasteiger partial charge in [-0.05, 0) is 91.8 Å². The Hall–Kier alpha value is -3.00. The number of benzene rings is 3. The molecule has 188 valence electrons. The summed E-state index contributed by atoms with van der Waals surface area (Å²) >= 11 is 3.26. The lowest BCUT2D eigenvalue weighted by Gasteiger charge is -2.21. The summed E-state index contributed by atoms with van der Waals surface area (Å²) in [6.07, 6.45) is 2.76. The molecule has 1 aliphatic heterocycles. The highest BCUT2D eigenvalue weighted by Crippen LogP contribution is 2.32. The number of rotatable bonds is 8. The summed E-state index contributed by atoms with van der Waals surface area (Å²) in [6, 6.07) is 24.9. The Labute approximate surface area is 223 Å². The van der Waals surface area contributed by atoms with E-state index in [9.17, 15) is 0 Å². The van der Waals surface area contributed by atoms with Gasteiger partial charge in [0.2, 0.25) is 0 Å². The highest BCUT2D eigenvalue weighted by atomic mass is 32.2. The second-order valence-corrected chi connectivity index (χ2v) is 10.6. The summed E-state index contributed by atoms with van der Waals surface area (Å²) in [7, 11) is 1.68. The van der Waals surface area contributed by atoms with Crippen LogP contribution in [0.5, 0.6) is 5.75 Å². The van der Waals surface area contributed by atoms with E-state index < -0.39 is 0 Å². The summed E-state index contributed by atoms with van der Waals surface area (Å²) < 4.78 is 7.41. The first-order valence-electron chi connectivity index (χ1n) is 12.2. The molecule has 1 aliphatic rings. The first-order valence-corrected chi connectivity index (χ1v) is 13.9. The number of likely N-dealkylation sites (tertiary alicyclic amines) is 1. The van der Waals surface area contributed by atoms with Gasteiger partial charge >= 0.3 is 0 Å². The first-order chi connectivity index (χ1) is 17.6. The van der Waals surface area contributed by atoms with Crippen LogP contribution in [0.15, 0.2) is 88.6 Å². The minimum atomic E-state index is 0.752. The second kappa shape index (κ2) is 13.3. The molecular formula is C29H34N4OS2. The van der Waals surface area contributed by atoms with Crippen LogP contribution < -0.4 is 14.8 Å². The van der Waals surface area contributed by atoms with Crippen LogP contribution in [0.3, 0.4) is 0 Å². The molecule has 1 saturated heterocycles. The van der Waals surface area contributed by atoms with Gasteiger partial charge in [0.25, 0.3) is 0 Å². The van der Waals surface area contributed by atoms with Crippen LogP contribution in [-0.4, -0.2) is 30.1 Å². The van der Waals surface area contributed by atoms with Crippen molar-refractivity contribution in [2.75, 3.05) is 30.2 Å². The lowest BCUT2D eigenvalue weighted by Crippen LogP contribution is -2.18. The number of methoxy groups -OCH3 is 1. The van der Waals surface area contributed by atoms with E-state index in [-0.39, 0.29) is 0 Å². The third-order valence-electron chi connectivity index (χ3n) is 6.06. The molecule has 0 amide bonds. The van der Waals surface area contributed by atoms with Crippen molar-refractivity contribution < 1.29 is 4.74 Å². The minimum Gasteiger partial charge on any atom is -0.497 e. The number of anilines is 2. The van der Waals surface area contributed by atoms with Gasteiger partial charge < -0.3 is 10.5 Å². The van der Waals surface area contributed by atoms with Gasteiger partial charge in [0, 0.05) is 22.5 Å². The molecule has 36 heavy (non-hydrogen) atoms. The Bertz CT molecular complexity index is 1180. The predicted octanol–water partition coefficient (Wildman–Crippen LogP) is 7.04. The lowest BCUT2D eigenvalue weighted by atomic mass is 10.2. The topological polar surface area (TPSA) is 54.6 Å². The van der Waals surface area contributed by atoms with E-state index in [0.717, 1.165) is 40.8 Å². The van der Waals surface area contributed by atoms with E-state index in [1.807, 2.05) is 36.7 Å². The summed E-state index contributed by atoms with van der Waals surface area (Å²) in [5, 5.41) is 2.06. The van der Waals surface area contributed by atoms with E-state index >= 15 is 0 Å². The molecule has 4 aromatic rings. The fraction of sp³-hybridized carbons (Fsp3) is 0.276. The van der Waals surface area contributed by atoms with Gasteiger partial charge in [0.1, 0.15) is 11.6 Å². The van der Waals surface area contributed by atoms with E-state index in [1.165, 1.54) is 37.1 Å². The number of nitrogen functional groups attached to an aromatic ring is 1. The molecule has 5 nitrogen and oxygen atoms in total. The van der Waals surface area contributed by atoms with Crippen LogP contribution in [0.1, 0.15) is 29.5 Å². The summed E-state index contributed by atoms with van der Waals surface area (Å²) in [5.41, 5.74) is 12.3. The maximum Gasteiger partial charge on any atom is 0.150 e. The van der Waals surface area contributed by atoms with Crippen LogP contribution in [-0.2, 0) is 13.1 Å². The van der Waals surface area contributed by atoms with Gasteiger partial charge in [-0.15, -0.1) is 11.3 Å². The third kappa shape index (κ3) is 7.75. The van der Waals surface area contributed by atoms with Gasteiger partial charge in [-0.2, -0.15) is 0 Å². The van der Waals surface area contributed by atoms with E-state index in [4.69, 9.17) is 10.5 Å². The van der Waals surface area contributed by atoms with Crippen molar-refractivity contribution in [2.24, 2.45) is 0 Å². The number of nitrogens with zero attached hydrogens (tertiary/aromatic N) is 3. The largest absolute Gasteiger partial charge is 0.497 e. The quantitative estimate of drug-likeness (QED) is 0.199. The maximum atomic E-state index is 5.92. The van der Waals surface area contributed by atoms with E-state index in [0.29, 0.717) is 0 Å². The average Bonchev–Trinajstić information content (AvgIpc) is 3.62. The molecule has 0 saturated carbocycles. The third-order valence-corrected chi connectivity index (χ3v) is 7.64. The predicted molar refractivity (Wildman–Crippen MR) is 154 cm³/mol. The maximum absolute atomic E-state index is 5.92. The fourth-order valence-corrected chi connectivity index (χ4v) is 5.63. The van der Waals surface area contributed by atoms with Crippen LogP contribution in [0.25, 0.3) is 0 Å². The van der Waals surface area contributed by atoms with Crippen LogP contribution in [0.2, 0.25) is 0 Å². The number of nitrogens with two attached hydrogens (primary N) is 1. The molecule has 2 N–H and O–H groups in total. The number of ether oxygens (including phenoxy) is 1. The highest BCUT2D eigenvalue weighted by Gasteiger charge is 2.13. The molecule has 0 unspecified atom stereocenters. The zero-order valence-electron chi connectivity index (χ0n) is 21.0. The number of thiazole rings is 1. The number of hydrogen-bond acceptors (Lipinski definition) is 7. The van der Waals surface area contributed by atoms with Crippen molar-refractivity contribution in [1.29, 1.82) is 0 Å². The van der Waals surface area contributed by atoms with E-state index in [2.05, 4.69) is 68.1 Å². The molecule has 3 aromatic carbocycles. The van der Waals surface area contributed by atoms with Crippen molar-refractivity contribution in [1.82, 2.24) is 9.88 Å². The molecule has 5 rings (SSSR count). The van der Waals surface area contributed by atoms with Crippen molar-refractivity contribution >= 4 is 34.8 Å². The van der Waals surface area contributed by atoms with Crippen molar-refractivity contribution in [3.63, 3.8) is 0 Å². The molecule has 1 aromatic heterocycles. The Balaban J connectivity index is 0.000000211. The Morgan fingerprint density at radius 1 is 1.00 bits per heavy atom. The molecule has 2 heterocycles. The summed E-state index contributed by atoms with van der Waals surface area (Å²) in [6.45, 7) is 6.49. The molecule has 1 fully saturated rings. The van der Waals surface area contributed by atoms with Gasteiger partial charge in [0.05, 0.1) is 19.2 Å². The van der Waals surface area contributed by atoms with Gasteiger partial charge in [0.15, 0.2) is 0 Å². The minimum absolute atomic E-state index is 0.752. The molecular weight excluding hydrogens is 484 g/mol. The van der Waals surface area contributed by atoms with Gasteiger partial charge in [-0.3, -0.25) is 9.21 Å². The summed E-state index contributed by atoms with van der Waals surface area (Å²) in [4.78, 5) is 8.12. The fourth-order valence-electron chi connectivity index (χ4n) is 4.00. The first kappa shape index (κ1) is 26.1. The van der Waals surface area contributed by atoms with Crippen LogP contribution in [0.4, 0.5) is 11.5 Å².